The normalized spacial score (nSPS) is 18.5. The van der Waals surface area contributed by atoms with Gasteiger partial charge in [-0.3, -0.25) is 0 Å². The Morgan fingerprint density at radius 3 is 2.82 bits per heavy atom. The Bertz CT molecular complexity index is 448. The van der Waals surface area contributed by atoms with Crippen molar-refractivity contribution in [2.45, 2.75) is 38.9 Å². The first kappa shape index (κ1) is 11.9. The summed E-state index contributed by atoms with van der Waals surface area (Å²) in [5.74, 6) is -0.173. The van der Waals surface area contributed by atoms with E-state index in [1.165, 1.54) is 18.2 Å². The van der Waals surface area contributed by atoms with Crippen LogP contribution in [0.25, 0.3) is 0 Å². The van der Waals surface area contributed by atoms with Crippen molar-refractivity contribution < 1.29 is 18.7 Å². The van der Waals surface area contributed by atoms with E-state index in [-0.39, 0.29) is 5.82 Å². The average Bonchev–Trinajstić information content (AvgIpc) is 2.57. The Kier molecular flexibility index (Phi) is 2.81. The van der Waals surface area contributed by atoms with E-state index in [1.807, 2.05) is 0 Å². The van der Waals surface area contributed by atoms with Crippen LogP contribution in [0.3, 0.4) is 0 Å². The number of hydrogen-bond donors (Lipinski definition) is 0. The van der Waals surface area contributed by atoms with E-state index in [2.05, 4.69) is 0 Å². The number of carbonyl (C=O) groups is 1. The summed E-state index contributed by atoms with van der Waals surface area (Å²) in [6, 6.07) is 4.24. The van der Waals surface area contributed by atoms with Crippen LogP contribution in [0.5, 0.6) is 5.75 Å². The summed E-state index contributed by atoms with van der Waals surface area (Å²) in [7, 11) is 0. The van der Waals surface area contributed by atoms with Gasteiger partial charge in [0.2, 0.25) is 0 Å². The Hall–Kier alpha value is -1.58. The quantitative estimate of drug-likeness (QED) is 0.705. The minimum absolute atomic E-state index is 0.322. The van der Waals surface area contributed by atoms with Gasteiger partial charge in [0.05, 0.1) is 0 Å². The van der Waals surface area contributed by atoms with Gasteiger partial charge in [0.1, 0.15) is 17.2 Å². The van der Waals surface area contributed by atoms with Crippen LogP contribution in [0, 0.1) is 5.82 Å². The zero-order chi connectivity index (χ0) is 12.6. The van der Waals surface area contributed by atoms with E-state index in [0.29, 0.717) is 17.7 Å². The molecule has 0 amide bonds. The molecule has 0 spiro atoms. The van der Waals surface area contributed by atoms with Gasteiger partial charge in [0.25, 0.3) is 0 Å². The molecule has 0 N–H and O–H groups in total. The standard InChI is InChI=1S/C13H15FO3/c1-13(2,3)17-12(15)11-7-8-6-9(14)4-5-10(8)16-11/h4-6,11H,7H2,1-3H3. The third-order valence-corrected chi connectivity index (χ3v) is 2.37. The zero-order valence-electron chi connectivity index (χ0n) is 10.1. The van der Waals surface area contributed by atoms with Crippen molar-refractivity contribution in [1.29, 1.82) is 0 Å². The molecule has 17 heavy (non-hydrogen) atoms. The van der Waals surface area contributed by atoms with Crippen LogP contribution >= 0.6 is 0 Å². The second-order valence-corrected chi connectivity index (χ2v) is 5.10. The van der Waals surface area contributed by atoms with E-state index >= 15 is 0 Å². The molecule has 0 aromatic heterocycles. The van der Waals surface area contributed by atoms with Crippen molar-refractivity contribution in [2.75, 3.05) is 0 Å². The lowest BCUT2D eigenvalue weighted by atomic mass is 10.1. The number of ether oxygens (including phenoxy) is 2. The summed E-state index contributed by atoms with van der Waals surface area (Å²) in [4.78, 5) is 11.8. The number of carbonyl (C=O) groups excluding carboxylic acids is 1. The van der Waals surface area contributed by atoms with Crippen molar-refractivity contribution in [3.8, 4) is 5.75 Å². The van der Waals surface area contributed by atoms with Crippen molar-refractivity contribution in [1.82, 2.24) is 0 Å². The minimum Gasteiger partial charge on any atom is -0.478 e. The number of fused-ring (bicyclic) bond motifs is 1. The summed E-state index contributed by atoms with van der Waals surface area (Å²) in [5, 5.41) is 0. The van der Waals surface area contributed by atoms with E-state index in [4.69, 9.17) is 9.47 Å². The number of hydrogen-bond acceptors (Lipinski definition) is 3. The Balaban J connectivity index is 2.07. The maximum atomic E-state index is 13.0. The number of esters is 1. The van der Waals surface area contributed by atoms with Crippen LogP contribution in [-0.2, 0) is 16.0 Å². The van der Waals surface area contributed by atoms with Gasteiger partial charge >= 0.3 is 5.97 Å². The van der Waals surface area contributed by atoms with Gasteiger partial charge in [0, 0.05) is 12.0 Å². The topological polar surface area (TPSA) is 35.5 Å². The number of benzene rings is 1. The SMILES string of the molecule is CC(C)(C)OC(=O)C1Cc2cc(F)ccc2O1. The molecule has 1 heterocycles. The Labute approximate surface area is 99.5 Å². The summed E-state index contributed by atoms with van der Waals surface area (Å²) < 4.78 is 23.6. The number of rotatable bonds is 1. The van der Waals surface area contributed by atoms with Crippen molar-refractivity contribution in [2.24, 2.45) is 0 Å². The molecule has 92 valence electrons. The molecule has 1 aromatic rings. The second-order valence-electron chi connectivity index (χ2n) is 5.10. The maximum absolute atomic E-state index is 13.0. The number of halogens is 1. The smallest absolute Gasteiger partial charge is 0.348 e. The van der Waals surface area contributed by atoms with E-state index in [1.54, 1.807) is 20.8 Å². The summed E-state index contributed by atoms with van der Waals surface area (Å²) in [6.07, 6.45) is -0.298. The molecule has 1 aromatic carbocycles. The molecular weight excluding hydrogens is 223 g/mol. The summed E-state index contributed by atoms with van der Waals surface area (Å²) in [6.45, 7) is 5.39. The highest BCUT2D eigenvalue weighted by atomic mass is 19.1. The molecule has 0 aliphatic carbocycles. The first-order valence-corrected chi connectivity index (χ1v) is 5.53. The summed E-state index contributed by atoms with van der Waals surface area (Å²) >= 11 is 0. The van der Waals surface area contributed by atoms with Gasteiger partial charge in [-0.15, -0.1) is 0 Å². The Morgan fingerprint density at radius 1 is 1.47 bits per heavy atom. The molecule has 0 saturated carbocycles. The molecule has 4 heteroatoms. The highest BCUT2D eigenvalue weighted by molar-refractivity contribution is 5.77. The van der Waals surface area contributed by atoms with Gasteiger partial charge in [-0.1, -0.05) is 0 Å². The van der Waals surface area contributed by atoms with Crippen LogP contribution in [0.15, 0.2) is 18.2 Å². The van der Waals surface area contributed by atoms with E-state index < -0.39 is 17.7 Å². The molecule has 3 nitrogen and oxygen atoms in total. The van der Waals surface area contributed by atoms with Crippen molar-refractivity contribution in [3.05, 3.63) is 29.6 Å². The molecule has 0 radical (unpaired) electrons. The first-order chi connectivity index (χ1) is 7.85. The van der Waals surface area contributed by atoms with E-state index in [9.17, 15) is 9.18 Å². The average molecular weight is 238 g/mol. The first-order valence-electron chi connectivity index (χ1n) is 5.53. The predicted octanol–water partition coefficient (Wildman–Crippen LogP) is 2.47. The lowest BCUT2D eigenvalue weighted by Crippen LogP contribution is -2.34. The molecule has 1 aliphatic rings. The largest absolute Gasteiger partial charge is 0.478 e. The highest BCUT2D eigenvalue weighted by Crippen LogP contribution is 2.30. The fourth-order valence-corrected chi connectivity index (χ4v) is 1.72. The maximum Gasteiger partial charge on any atom is 0.348 e. The van der Waals surface area contributed by atoms with Gasteiger partial charge < -0.3 is 9.47 Å². The van der Waals surface area contributed by atoms with Crippen LogP contribution < -0.4 is 4.74 Å². The predicted molar refractivity (Wildman–Crippen MR) is 60.4 cm³/mol. The fourth-order valence-electron chi connectivity index (χ4n) is 1.72. The molecule has 1 atom stereocenters. The molecule has 1 unspecified atom stereocenters. The van der Waals surface area contributed by atoms with Gasteiger partial charge in [-0.05, 0) is 39.0 Å². The van der Waals surface area contributed by atoms with Crippen molar-refractivity contribution in [3.63, 3.8) is 0 Å². The molecule has 0 bridgehead atoms. The highest BCUT2D eigenvalue weighted by Gasteiger charge is 2.32. The molecule has 0 saturated heterocycles. The monoisotopic (exact) mass is 238 g/mol. The summed E-state index contributed by atoms with van der Waals surface area (Å²) in [5.41, 5.74) is 0.168. The third-order valence-electron chi connectivity index (χ3n) is 2.37. The third kappa shape index (κ3) is 2.75. The van der Waals surface area contributed by atoms with Crippen LogP contribution in [0.1, 0.15) is 26.3 Å². The second kappa shape index (κ2) is 4.02. The van der Waals surface area contributed by atoms with Gasteiger partial charge in [0.15, 0.2) is 6.10 Å². The zero-order valence-corrected chi connectivity index (χ0v) is 10.1. The van der Waals surface area contributed by atoms with Crippen LogP contribution in [0.4, 0.5) is 4.39 Å². The van der Waals surface area contributed by atoms with Crippen molar-refractivity contribution >= 4 is 5.97 Å². The molecule has 2 rings (SSSR count). The van der Waals surface area contributed by atoms with Gasteiger partial charge in [-0.25, -0.2) is 9.18 Å². The lowest BCUT2D eigenvalue weighted by molar-refractivity contribution is -0.162. The molecule has 0 fully saturated rings. The van der Waals surface area contributed by atoms with Crippen LogP contribution in [0.2, 0.25) is 0 Å². The molecule has 1 aliphatic heterocycles. The Morgan fingerprint density at radius 2 is 2.18 bits per heavy atom. The van der Waals surface area contributed by atoms with Gasteiger partial charge in [-0.2, -0.15) is 0 Å². The van der Waals surface area contributed by atoms with E-state index in [0.717, 1.165) is 0 Å². The molecular formula is C13H15FO3. The van der Waals surface area contributed by atoms with Crippen LogP contribution in [-0.4, -0.2) is 17.7 Å². The minimum atomic E-state index is -0.661. The fraction of sp³-hybridized carbons (Fsp3) is 0.462. The lowest BCUT2D eigenvalue weighted by Gasteiger charge is -2.21.